The van der Waals surface area contributed by atoms with Gasteiger partial charge in [-0.05, 0) is 20.3 Å². The van der Waals surface area contributed by atoms with E-state index in [4.69, 9.17) is 15.7 Å². The fourth-order valence-corrected chi connectivity index (χ4v) is 0.698. The van der Waals surface area contributed by atoms with Crippen LogP contribution in [0.5, 0.6) is 0 Å². The summed E-state index contributed by atoms with van der Waals surface area (Å²) in [6, 6.07) is 1.91. The van der Waals surface area contributed by atoms with Crippen LogP contribution in [0.3, 0.4) is 0 Å². The van der Waals surface area contributed by atoms with E-state index in [1.165, 1.54) is 13.8 Å². The zero-order valence-corrected chi connectivity index (χ0v) is 8.37. The van der Waals surface area contributed by atoms with Crippen molar-refractivity contribution >= 4 is 11.9 Å². The standard InChI is InChI=1S/C9H14N2O3/c1-9(2,8(11)13)14-7(12)5-3-4-6-10/h3-5H2,1-2H3,(H2,11,13). The summed E-state index contributed by atoms with van der Waals surface area (Å²) in [5.41, 5.74) is 3.73. The first-order valence-corrected chi connectivity index (χ1v) is 4.29. The summed E-state index contributed by atoms with van der Waals surface area (Å²) in [5.74, 6) is -1.20. The molecule has 0 aliphatic carbocycles. The Hall–Kier alpha value is -1.57. The highest BCUT2D eigenvalue weighted by Crippen LogP contribution is 2.10. The molecule has 0 spiro atoms. The Balaban J connectivity index is 3.95. The maximum atomic E-state index is 11.1. The second-order valence-electron chi connectivity index (χ2n) is 3.36. The van der Waals surface area contributed by atoms with E-state index in [0.29, 0.717) is 12.8 Å². The third-order valence-corrected chi connectivity index (χ3v) is 1.63. The highest BCUT2D eigenvalue weighted by Gasteiger charge is 2.29. The summed E-state index contributed by atoms with van der Waals surface area (Å²) in [4.78, 5) is 21.9. The molecule has 0 fully saturated rings. The van der Waals surface area contributed by atoms with Crippen molar-refractivity contribution in [2.45, 2.75) is 38.7 Å². The number of primary amides is 1. The van der Waals surface area contributed by atoms with Gasteiger partial charge in [-0.15, -0.1) is 0 Å². The lowest BCUT2D eigenvalue weighted by Crippen LogP contribution is -2.42. The molecule has 5 heteroatoms. The Morgan fingerprint density at radius 1 is 1.50 bits per heavy atom. The van der Waals surface area contributed by atoms with Gasteiger partial charge in [0.2, 0.25) is 0 Å². The van der Waals surface area contributed by atoms with E-state index in [1.807, 2.05) is 6.07 Å². The summed E-state index contributed by atoms with van der Waals surface area (Å²) in [7, 11) is 0. The molecule has 0 atom stereocenters. The number of rotatable bonds is 5. The van der Waals surface area contributed by atoms with Crippen molar-refractivity contribution in [1.29, 1.82) is 5.26 Å². The molecule has 2 N–H and O–H groups in total. The fraction of sp³-hybridized carbons (Fsp3) is 0.667. The summed E-state index contributed by atoms with van der Waals surface area (Å²) < 4.78 is 4.82. The molecule has 1 amide bonds. The van der Waals surface area contributed by atoms with Gasteiger partial charge in [0.25, 0.3) is 5.91 Å². The molecule has 0 saturated carbocycles. The quantitative estimate of drug-likeness (QED) is 0.513. The molecule has 0 bridgehead atoms. The number of hydrogen-bond acceptors (Lipinski definition) is 4. The summed E-state index contributed by atoms with van der Waals surface area (Å²) in [6.45, 7) is 2.86. The SMILES string of the molecule is CC(C)(OC(=O)CCCC#N)C(N)=O. The van der Waals surface area contributed by atoms with Crippen LogP contribution in [0.1, 0.15) is 33.1 Å². The molecule has 0 aromatic carbocycles. The Morgan fingerprint density at radius 3 is 2.50 bits per heavy atom. The van der Waals surface area contributed by atoms with Crippen LogP contribution in [0.25, 0.3) is 0 Å². The van der Waals surface area contributed by atoms with Gasteiger partial charge < -0.3 is 10.5 Å². The van der Waals surface area contributed by atoms with E-state index < -0.39 is 17.5 Å². The molecule has 0 aliphatic heterocycles. The molecule has 0 radical (unpaired) electrons. The predicted molar refractivity (Wildman–Crippen MR) is 48.8 cm³/mol. The number of esters is 1. The third kappa shape index (κ3) is 4.45. The van der Waals surface area contributed by atoms with E-state index in [1.54, 1.807) is 0 Å². The normalized spacial score (nSPS) is 10.4. The van der Waals surface area contributed by atoms with Crippen LogP contribution in [0.15, 0.2) is 0 Å². The first-order valence-electron chi connectivity index (χ1n) is 4.29. The average molecular weight is 198 g/mol. The van der Waals surface area contributed by atoms with Crippen molar-refractivity contribution in [2.24, 2.45) is 5.73 Å². The van der Waals surface area contributed by atoms with Crippen molar-refractivity contribution in [1.82, 2.24) is 0 Å². The minimum atomic E-state index is -1.27. The maximum Gasteiger partial charge on any atom is 0.306 e. The zero-order chi connectivity index (χ0) is 11.2. The number of unbranched alkanes of at least 4 members (excludes halogenated alkanes) is 1. The molecule has 0 rings (SSSR count). The smallest absolute Gasteiger partial charge is 0.306 e. The fourth-order valence-electron chi connectivity index (χ4n) is 0.698. The third-order valence-electron chi connectivity index (χ3n) is 1.63. The van der Waals surface area contributed by atoms with Crippen molar-refractivity contribution in [3.63, 3.8) is 0 Å². The van der Waals surface area contributed by atoms with E-state index in [-0.39, 0.29) is 6.42 Å². The van der Waals surface area contributed by atoms with Gasteiger partial charge in [0.1, 0.15) is 0 Å². The summed E-state index contributed by atoms with van der Waals surface area (Å²) in [6.07, 6.45) is 0.862. The molecular formula is C9H14N2O3. The Morgan fingerprint density at radius 2 is 2.07 bits per heavy atom. The molecule has 0 aromatic heterocycles. The molecule has 0 heterocycles. The Bertz CT molecular complexity index is 266. The van der Waals surface area contributed by atoms with Crippen molar-refractivity contribution < 1.29 is 14.3 Å². The molecule has 5 nitrogen and oxygen atoms in total. The van der Waals surface area contributed by atoms with Crippen molar-refractivity contribution in [2.75, 3.05) is 0 Å². The number of amides is 1. The minimum absolute atomic E-state index is 0.129. The lowest BCUT2D eigenvalue weighted by Gasteiger charge is -2.20. The summed E-state index contributed by atoms with van der Waals surface area (Å²) in [5, 5.41) is 8.22. The van der Waals surface area contributed by atoms with Gasteiger partial charge in [-0.1, -0.05) is 0 Å². The molecule has 14 heavy (non-hydrogen) atoms. The number of carbonyl (C=O) groups excluding carboxylic acids is 2. The van der Waals surface area contributed by atoms with Gasteiger partial charge in [-0.2, -0.15) is 5.26 Å². The second kappa shape index (κ2) is 5.22. The number of nitriles is 1. The highest BCUT2D eigenvalue weighted by molar-refractivity contribution is 5.85. The monoisotopic (exact) mass is 198 g/mol. The van der Waals surface area contributed by atoms with Gasteiger partial charge in [-0.25, -0.2) is 0 Å². The number of ether oxygens (including phenoxy) is 1. The number of nitrogens with zero attached hydrogens (tertiary/aromatic N) is 1. The van der Waals surface area contributed by atoms with Gasteiger partial charge in [0.15, 0.2) is 5.60 Å². The van der Waals surface area contributed by atoms with Crippen LogP contribution in [-0.2, 0) is 14.3 Å². The van der Waals surface area contributed by atoms with Crippen LogP contribution >= 0.6 is 0 Å². The Kier molecular flexibility index (Phi) is 4.64. The average Bonchev–Trinajstić information content (AvgIpc) is 2.03. The predicted octanol–water partition coefficient (Wildman–Crippen LogP) is 0.487. The lowest BCUT2D eigenvalue weighted by atomic mass is 10.1. The Labute approximate surface area is 82.8 Å². The van der Waals surface area contributed by atoms with Crippen molar-refractivity contribution in [3.8, 4) is 6.07 Å². The first-order chi connectivity index (χ1) is 6.40. The van der Waals surface area contributed by atoms with Gasteiger partial charge in [0, 0.05) is 12.8 Å². The molecule has 0 saturated heterocycles. The second-order valence-corrected chi connectivity index (χ2v) is 3.36. The maximum absolute atomic E-state index is 11.1. The van der Waals surface area contributed by atoms with Crippen LogP contribution in [-0.4, -0.2) is 17.5 Å². The first kappa shape index (κ1) is 12.4. The van der Waals surface area contributed by atoms with Gasteiger partial charge in [0.05, 0.1) is 6.07 Å². The molecule has 0 aliphatic rings. The number of carbonyl (C=O) groups is 2. The number of nitrogens with two attached hydrogens (primary N) is 1. The van der Waals surface area contributed by atoms with Crippen LogP contribution in [0.4, 0.5) is 0 Å². The van der Waals surface area contributed by atoms with E-state index >= 15 is 0 Å². The molecular weight excluding hydrogens is 184 g/mol. The van der Waals surface area contributed by atoms with Crippen LogP contribution in [0, 0.1) is 11.3 Å². The van der Waals surface area contributed by atoms with E-state index in [2.05, 4.69) is 0 Å². The number of hydrogen-bond donors (Lipinski definition) is 1. The van der Waals surface area contributed by atoms with Gasteiger partial charge in [-0.3, -0.25) is 9.59 Å². The molecule has 0 aromatic rings. The summed E-state index contributed by atoms with van der Waals surface area (Å²) >= 11 is 0. The molecule has 78 valence electrons. The molecule has 0 unspecified atom stereocenters. The minimum Gasteiger partial charge on any atom is -0.450 e. The largest absolute Gasteiger partial charge is 0.450 e. The topological polar surface area (TPSA) is 93.2 Å². The van der Waals surface area contributed by atoms with E-state index in [0.717, 1.165) is 0 Å². The zero-order valence-electron chi connectivity index (χ0n) is 8.37. The van der Waals surface area contributed by atoms with Crippen molar-refractivity contribution in [3.05, 3.63) is 0 Å². The van der Waals surface area contributed by atoms with Crippen LogP contribution < -0.4 is 5.73 Å². The van der Waals surface area contributed by atoms with Crippen LogP contribution in [0.2, 0.25) is 0 Å². The van der Waals surface area contributed by atoms with Gasteiger partial charge >= 0.3 is 5.97 Å². The highest BCUT2D eigenvalue weighted by atomic mass is 16.6. The lowest BCUT2D eigenvalue weighted by molar-refractivity contribution is -0.163. The van der Waals surface area contributed by atoms with E-state index in [9.17, 15) is 9.59 Å².